The van der Waals surface area contributed by atoms with E-state index in [1.807, 2.05) is 19.1 Å². The third-order valence-electron chi connectivity index (χ3n) is 4.70. The van der Waals surface area contributed by atoms with Crippen molar-refractivity contribution >= 4 is 27.5 Å². The maximum Gasteiger partial charge on any atom is 0.103 e. The Morgan fingerprint density at radius 1 is 1.15 bits per heavy atom. The molecule has 0 bridgehead atoms. The number of nitriles is 1. The molecule has 0 radical (unpaired) electrons. The first-order valence-corrected chi connectivity index (χ1v) is 8.83. The second kappa shape index (κ2) is 6.89. The number of hydrogen-bond donors (Lipinski definition) is 1. The fraction of sp³-hybridized carbons (Fsp3) is 0.182. The standard InChI is InChI=1S/C22H20N4/c1-16-7-8-19-20(13-16)25-15-18(14-23)22(19)24-10-4-11-26-12-9-17-5-2-3-6-21(17)26/h2-3,5-9,12-13,15H,4,10-11H2,1H3,(H,24,25). The minimum absolute atomic E-state index is 0.591. The monoisotopic (exact) mass is 340 g/mol. The van der Waals surface area contributed by atoms with Crippen LogP contribution in [0.15, 0.2) is 60.9 Å². The van der Waals surface area contributed by atoms with E-state index in [4.69, 9.17) is 0 Å². The fourth-order valence-corrected chi connectivity index (χ4v) is 3.38. The molecule has 0 aliphatic carbocycles. The van der Waals surface area contributed by atoms with Crippen molar-refractivity contribution in [3.63, 3.8) is 0 Å². The average molecular weight is 340 g/mol. The van der Waals surface area contributed by atoms with Gasteiger partial charge in [-0.05, 0) is 42.5 Å². The van der Waals surface area contributed by atoms with Crippen LogP contribution in [0.25, 0.3) is 21.8 Å². The zero-order valence-corrected chi connectivity index (χ0v) is 14.7. The summed E-state index contributed by atoms with van der Waals surface area (Å²) in [6.07, 6.45) is 4.76. The van der Waals surface area contributed by atoms with Gasteiger partial charge in [0.2, 0.25) is 0 Å². The van der Waals surface area contributed by atoms with Crippen LogP contribution in [0.3, 0.4) is 0 Å². The van der Waals surface area contributed by atoms with Crippen molar-refractivity contribution in [1.29, 1.82) is 5.26 Å². The quantitative estimate of drug-likeness (QED) is 0.527. The molecule has 26 heavy (non-hydrogen) atoms. The van der Waals surface area contributed by atoms with Gasteiger partial charge in [0, 0.05) is 36.4 Å². The molecule has 0 saturated carbocycles. The second-order valence-corrected chi connectivity index (χ2v) is 6.53. The Kier molecular flexibility index (Phi) is 4.28. The fourth-order valence-electron chi connectivity index (χ4n) is 3.38. The normalized spacial score (nSPS) is 10.9. The van der Waals surface area contributed by atoms with Gasteiger partial charge in [-0.1, -0.05) is 30.3 Å². The van der Waals surface area contributed by atoms with Gasteiger partial charge in [-0.3, -0.25) is 4.98 Å². The molecule has 4 rings (SSSR count). The van der Waals surface area contributed by atoms with E-state index in [1.54, 1.807) is 6.20 Å². The largest absolute Gasteiger partial charge is 0.383 e. The number of nitrogens with zero attached hydrogens (tertiary/aromatic N) is 3. The number of rotatable bonds is 5. The molecule has 2 aromatic carbocycles. The smallest absolute Gasteiger partial charge is 0.103 e. The highest BCUT2D eigenvalue weighted by Crippen LogP contribution is 2.26. The summed E-state index contributed by atoms with van der Waals surface area (Å²) < 4.78 is 2.27. The summed E-state index contributed by atoms with van der Waals surface area (Å²) in [6, 6.07) is 19.0. The molecule has 0 fully saturated rings. The number of para-hydroxylation sites is 1. The number of aromatic nitrogens is 2. The summed E-state index contributed by atoms with van der Waals surface area (Å²) in [7, 11) is 0. The van der Waals surface area contributed by atoms with Crippen LogP contribution >= 0.6 is 0 Å². The number of anilines is 1. The van der Waals surface area contributed by atoms with Gasteiger partial charge in [0.1, 0.15) is 6.07 Å². The van der Waals surface area contributed by atoms with Gasteiger partial charge in [-0.25, -0.2) is 0 Å². The van der Waals surface area contributed by atoms with E-state index in [0.29, 0.717) is 5.56 Å². The van der Waals surface area contributed by atoms with Crippen molar-refractivity contribution in [2.45, 2.75) is 19.9 Å². The number of aryl methyl sites for hydroxylation is 2. The van der Waals surface area contributed by atoms with Crippen molar-refractivity contribution in [3.8, 4) is 6.07 Å². The lowest BCUT2D eigenvalue weighted by atomic mass is 10.1. The van der Waals surface area contributed by atoms with Gasteiger partial charge in [0.05, 0.1) is 16.8 Å². The highest BCUT2D eigenvalue weighted by atomic mass is 15.0. The maximum atomic E-state index is 9.42. The van der Waals surface area contributed by atoms with Crippen LogP contribution in [0.1, 0.15) is 17.5 Å². The first-order valence-electron chi connectivity index (χ1n) is 8.83. The molecule has 0 amide bonds. The van der Waals surface area contributed by atoms with E-state index < -0.39 is 0 Å². The number of pyridine rings is 1. The van der Waals surface area contributed by atoms with Crippen molar-refractivity contribution < 1.29 is 0 Å². The predicted octanol–water partition coefficient (Wildman–Crippen LogP) is 4.87. The SMILES string of the molecule is Cc1ccc2c(NCCCn3ccc4ccccc43)c(C#N)cnc2c1. The van der Waals surface area contributed by atoms with E-state index in [1.165, 1.54) is 16.5 Å². The molecule has 4 heteroatoms. The average Bonchev–Trinajstić information content (AvgIpc) is 3.08. The second-order valence-electron chi connectivity index (χ2n) is 6.53. The van der Waals surface area contributed by atoms with Crippen molar-refractivity contribution in [2.75, 3.05) is 11.9 Å². The molecule has 4 aromatic rings. The number of nitrogens with one attached hydrogen (secondary N) is 1. The lowest BCUT2D eigenvalue weighted by Crippen LogP contribution is -2.08. The topological polar surface area (TPSA) is 53.6 Å². The number of benzene rings is 2. The summed E-state index contributed by atoms with van der Waals surface area (Å²) in [6.45, 7) is 3.78. The van der Waals surface area contributed by atoms with Crippen LogP contribution in [0.4, 0.5) is 5.69 Å². The van der Waals surface area contributed by atoms with Crippen LogP contribution in [0, 0.1) is 18.3 Å². The molecule has 128 valence electrons. The van der Waals surface area contributed by atoms with Crippen molar-refractivity contribution in [2.24, 2.45) is 0 Å². The van der Waals surface area contributed by atoms with E-state index >= 15 is 0 Å². The van der Waals surface area contributed by atoms with Gasteiger partial charge in [-0.2, -0.15) is 5.26 Å². The Morgan fingerprint density at radius 3 is 2.92 bits per heavy atom. The highest BCUT2D eigenvalue weighted by molar-refractivity contribution is 5.94. The molecule has 1 N–H and O–H groups in total. The van der Waals surface area contributed by atoms with Gasteiger partial charge in [0.15, 0.2) is 0 Å². The van der Waals surface area contributed by atoms with Crippen LogP contribution in [0.5, 0.6) is 0 Å². The third-order valence-corrected chi connectivity index (χ3v) is 4.70. The molecule has 2 heterocycles. The van der Waals surface area contributed by atoms with Crippen molar-refractivity contribution in [3.05, 3.63) is 72.1 Å². The summed E-state index contributed by atoms with van der Waals surface area (Å²) in [5, 5.41) is 15.2. The Labute approximate surface area is 152 Å². The lowest BCUT2D eigenvalue weighted by Gasteiger charge is -2.12. The molecule has 0 aliphatic heterocycles. The minimum atomic E-state index is 0.591. The van der Waals surface area contributed by atoms with Crippen LogP contribution in [-0.4, -0.2) is 16.1 Å². The molecule has 2 aromatic heterocycles. The molecule has 0 saturated heterocycles. The molecule has 0 unspecified atom stereocenters. The van der Waals surface area contributed by atoms with E-state index in [9.17, 15) is 5.26 Å². The summed E-state index contributed by atoms with van der Waals surface area (Å²) in [4.78, 5) is 4.41. The molecule has 4 nitrogen and oxygen atoms in total. The van der Waals surface area contributed by atoms with Crippen molar-refractivity contribution in [1.82, 2.24) is 9.55 Å². The van der Waals surface area contributed by atoms with Gasteiger partial charge >= 0.3 is 0 Å². The Morgan fingerprint density at radius 2 is 2.04 bits per heavy atom. The predicted molar refractivity (Wildman–Crippen MR) is 106 cm³/mol. The number of hydrogen-bond acceptors (Lipinski definition) is 3. The van der Waals surface area contributed by atoms with E-state index in [-0.39, 0.29) is 0 Å². The highest BCUT2D eigenvalue weighted by Gasteiger charge is 2.08. The minimum Gasteiger partial charge on any atom is -0.383 e. The van der Waals surface area contributed by atoms with E-state index in [0.717, 1.165) is 36.1 Å². The Balaban J connectivity index is 1.50. The van der Waals surface area contributed by atoms with Crippen LogP contribution in [0.2, 0.25) is 0 Å². The van der Waals surface area contributed by atoms with Gasteiger partial charge in [-0.15, -0.1) is 0 Å². The zero-order chi connectivity index (χ0) is 17.9. The van der Waals surface area contributed by atoms with Crippen LogP contribution in [-0.2, 0) is 6.54 Å². The maximum absolute atomic E-state index is 9.42. The van der Waals surface area contributed by atoms with Gasteiger partial charge < -0.3 is 9.88 Å². The first kappa shape index (κ1) is 16.2. The van der Waals surface area contributed by atoms with Gasteiger partial charge in [0.25, 0.3) is 0 Å². The Hall–Kier alpha value is -3.32. The lowest BCUT2D eigenvalue weighted by molar-refractivity contribution is 0.683. The molecular formula is C22H20N4. The summed E-state index contributed by atoms with van der Waals surface area (Å²) >= 11 is 0. The van der Waals surface area contributed by atoms with Crippen LogP contribution < -0.4 is 5.32 Å². The molecular weight excluding hydrogens is 320 g/mol. The third kappa shape index (κ3) is 3.00. The van der Waals surface area contributed by atoms with E-state index in [2.05, 4.69) is 63.5 Å². The summed E-state index contributed by atoms with van der Waals surface area (Å²) in [5.41, 5.74) is 4.82. The Bertz CT molecular complexity index is 1120. The summed E-state index contributed by atoms with van der Waals surface area (Å²) in [5.74, 6) is 0. The molecule has 0 spiro atoms. The zero-order valence-electron chi connectivity index (χ0n) is 14.7. The number of fused-ring (bicyclic) bond motifs is 2. The molecule has 0 atom stereocenters. The molecule has 0 aliphatic rings. The first-order chi connectivity index (χ1) is 12.8.